The molecular weight excluding hydrogens is 262 g/mol. The average molecular weight is 287 g/mol. The Balaban J connectivity index is 2.58. The van der Waals surface area contributed by atoms with Crippen LogP contribution in [0.4, 0.5) is 0 Å². The Morgan fingerprint density at radius 1 is 1.40 bits per heavy atom. The minimum atomic E-state index is -0.971. The molecule has 1 atom stereocenters. The molecule has 0 aromatic heterocycles. The first-order chi connectivity index (χ1) is 9.41. The Bertz CT molecular complexity index is 340. The van der Waals surface area contributed by atoms with Crippen LogP contribution in [0.5, 0.6) is 0 Å². The van der Waals surface area contributed by atoms with Gasteiger partial charge in [-0.1, -0.05) is 0 Å². The fourth-order valence-electron chi connectivity index (χ4n) is 2.52. The van der Waals surface area contributed by atoms with Crippen LogP contribution in [0.25, 0.3) is 0 Å². The highest BCUT2D eigenvalue weighted by Gasteiger charge is 2.43. The van der Waals surface area contributed by atoms with Crippen molar-refractivity contribution in [2.75, 3.05) is 33.4 Å². The topological polar surface area (TPSA) is 76.1 Å². The number of carboxylic acid groups (broad SMARTS) is 1. The van der Waals surface area contributed by atoms with E-state index < -0.39 is 11.4 Å². The second-order valence-corrected chi connectivity index (χ2v) is 5.61. The zero-order chi connectivity index (χ0) is 15.2. The van der Waals surface area contributed by atoms with Gasteiger partial charge in [0.05, 0.1) is 25.7 Å². The first kappa shape index (κ1) is 16.9. The van der Waals surface area contributed by atoms with Crippen molar-refractivity contribution in [1.82, 2.24) is 4.90 Å². The van der Waals surface area contributed by atoms with Gasteiger partial charge < -0.3 is 19.5 Å². The van der Waals surface area contributed by atoms with Gasteiger partial charge >= 0.3 is 5.97 Å². The number of aliphatic carboxylic acids is 1. The molecule has 0 saturated carbocycles. The molecule has 1 rings (SSSR count). The van der Waals surface area contributed by atoms with Crippen molar-refractivity contribution in [3.05, 3.63) is 0 Å². The SMILES string of the molecule is COCC1(C(=O)O)CCCN(C(=O)CCOC(C)C)C1. The van der Waals surface area contributed by atoms with E-state index in [1.807, 2.05) is 13.8 Å². The van der Waals surface area contributed by atoms with Crippen molar-refractivity contribution >= 4 is 11.9 Å². The van der Waals surface area contributed by atoms with Gasteiger partial charge in [-0.3, -0.25) is 9.59 Å². The van der Waals surface area contributed by atoms with Crippen LogP contribution < -0.4 is 0 Å². The molecule has 0 radical (unpaired) electrons. The maximum absolute atomic E-state index is 12.1. The molecule has 1 saturated heterocycles. The van der Waals surface area contributed by atoms with Gasteiger partial charge in [-0.05, 0) is 26.7 Å². The Hall–Kier alpha value is -1.14. The largest absolute Gasteiger partial charge is 0.481 e. The monoisotopic (exact) mass is 287 g/mol. The molecule has 1 amide bonds. The Kier molecular flexibility index (Phi) is 6.42. The lowest BCUT2D eigenvalue weighted by molar-refractivity contribution is -0.159. The van der Waals surface area contributed by atoms with Gasteiger partial charge in [-0.15, -0.1) is 0 Å². The summed E-state index contributed by atoms with van der Waals surface area (Å²) in [5, 5.41) is 9.43. The van der Waals surface area contributed by atoms with Crippen LogP contribution in [0.15, 0.2) is 0 Å². The summed E-state index contributed by atoms with van der Waals surface area (Å²) in [5.41, 5.74) is -0.971. The van der Waals surface area contributed by atoms with Crippen molar-refractivity contribution in [3.63, 3.8) is 0 Å². The van der Waals surface area contributed by atoms with E-state index in [4.69, 9.17) is 9.47 Å². The molecule has 0 aliphatic carbocycles. The summed E-state index contributed by atoms with van der Waals surface area (Å²) in [6, 6.07) is 0. The van der Waals surface area contributed by atoms with Crippen LogP contribution in [0, 0.1) is 5.41 Å². The van der Waals surface area contributed by atoms with E-state index in [2.05, 4.69) is 0 Å². The molecule has 0 bridgehead atoms. The zero-order valence-corrected chi connectivity index (χ0v) is 12.6. The van der Waals surface area contributed by atoms with Gasteiger partial charge in [0, 0.05) is 20.2 Å². The summed E-state index contributed by atoms with van der Waals surface area (Å²) >= 11 is 0. The van der Waals surface area contributed by atoms with Gasteiger partial charge in [-0.25, -0.2) is 0 Å². The number of hydrogen-bond donors (Lipinski definition) is 1. The number of likely N-dealkylation sites (tertiary alicyclic amines) is 1. The van der Waals surface area contributed by atoms with Crippen molar-refractivity contribution in [1.29, 1.82) is 0 Å². The highest BCUT2D eigenvalue weighted by atomic mass is 16.5. The van der Waals surface area contributed by atoms with Crippen molar-refractivity contribution in [2.24, 2.45) is 5.41 Å². The molecule has 1 N–H and O–H groups in total. The quantitative estimate of drug-likeness (QED) is 0.760. The number of amides is 1. The molecule has 0 aromatic carbocycles. The molecule has 6 nitrogen and oxygen atoms in total. The summed E-state index contributed by atoms with van der Waals surface area (Å²) in [7, 11) is 1.49. The Morgan fingerprint density at radius 2 is 2.10 bits per heavy atom. The molecular formula is C14H25NO5. The lowest BCUT2D eigenvalue weighted by atomic mass is 9.80. The fraction of sp³-hybridized carbons (Fsp3) is 0.857. The fourth-order valence-corrected chi connectivity index (χ4v) is 2.52. The Labute approximate surface area is 120 Å². The number of hydrogen-bond acceptors (Lipinski definition) is 4. The maximum atomic E-state index is 12.1. The number of piperidine rings is 1. The lowest BCUT2D eigenvalue weighted by Crippen LogP contribution is -2.52. The molecule has 1 aliphatic heterocycles. The predicted octanol–water partition coefficient (Wildman–Crippen LogP) is 1.14. The van der Waals surface area contributed by atoms with E-state index in [9.17, 15) is 14.7 Å². The first-order valence-electron chi connectivity index (χ1n) is 7.03. The molecule has 1 unspecified atom stereocenters. The minimum Gasteiger partial charge on any atom is -0.481 e. The number of ether oxygens (including phenoxy) is 2. The average Bonchev–Trinajstić information content (AvgIpc) is 2.38. The third-order valence-corrected chi connectivity index (χ3v) is 3.57. The normalized spacial score (nSPS) is 23.1. The van der Waals surface area contributed by atoms with Crippen LogP contribution in [-0.4, -0.2) is 61.4 Å². The molecule has 1 fully saturated rings. The van der Waals surface area contributed by atoms with Gasteiger partial charge in [0.25, 0.3) is 0 Å². The van der Waals surface area contributed by atoms with E-state index in [-0.39, 0.29) is 25.2 Å². The highest BCUT2D eigenvalue weighted by molar-refractivity contribution is 5.80. The van der Waals surface area contributed by atoms with Gasteiger partial charge in [0.1, 0.15) is 5.41 Å². The summed E-state index contributed by atoms with van der Waals surface area (Å²) in [6.07, 6.45) is 1.62. The molecule has 0 spiro atoms. The van der Waals surface area contributed by atoms with Crippen molar-refractivity contribution in [2.45, 2.75) is 39.2 Å². The second-order valence-electron chi connectivity index (χ2n) is 5.61. The number of rotatable bonds is 7. The highest BCUT2D eigenvalue weighted by Crippen LogP contribution is 2.31. The summed E-state index contributed by atoms with van der Waals surface area (Å²) < 4.78 is 10.4. The van der Waals surface area contributed by atoms with E-state index in [1.165, 1.54) is 7.11 Å². The number of carbonyl (C=O) groups excluding carboxylic acids is 1. The molecule has 1 heterocycles. The third-order valence-electron chi connectivity index (χ3n) is 3.57. The summed E-state index contributed by atoms with van der Waals surface area (Å²) in [6.45, 7) is 5.17. The molecule has 116 valence electrons. The minimum absolute atomic E-state index is 0.0490. The zero-order valence-electron chi connectivity index (χ0n) is 12.6. The number of nitrogens with zero attached hydrogens (tertiary/aromatic N) is 1. The van der Waals surface area contributed by atoms with Crippen molar-refractivity contribution in [3.8, 4) is 0 Å². The molecule has 0 aromatic rings. The lowest BCUT2D eigenvalue weighted by Gasteiger charge is -2.39. The predicted molar refractivity (Wildman–Crippen MR) is 73.5 cm³/mol. The molecule has 20 heavy (non-hydrogen) atoms. The van der Waals surface area contributed by atoms with Crippen LogP contribution in [0.1, 0.15) is 33.1 Å². The summed E-state index contributed by atoms with van der Waals surface area (Å²) in [4.78, 5) is 25.2. The first-order valence-corrected chi connectivity index (χ1v) is 7.03. The van der Waals surface area contributed by atoms with Crippen LogP contribution in [-0.2, 0) is 19.1 Å². The van der Waals surface area contributed by atoms with Crippen LogP contribution in [0.2, 0.25) is 0 Å². The van der Waals surface area contributed by atoms with Gasteiger partial charge in [0.2, 0.25) is 5.91 Å². The standard InChI is InChI=1S/C14H25NO5/c1-11(2)20-8-5-12(16)15-7-4-6-14(9-15,10-19-3)13(17)18/h11H,4-10H2,1-3H3,(H,17,18). The molecule has 6 heteroatoms. The van der Waals surface area contributed by atoms with Crippen LogP contribution >= 0.6 is 0 Å². The van der Waals surface area contributed by atoms with Crippen molar-refractivity contribution < 1.29 is 24.2 Å². The van der Waals surface area contributed by atoms with E-state index in [0.29, 0.717) is 32.4 Å². The second kappa shape index (κ2) is 7.59. The third kappa shape index (κ3) is 4.45. The number of carboxylic acids is 1. The van der Waals surface area contributed by atoms with Gasteiger partial charge in [-0.2, -0.15) is 0 Å². The number of carbonyl (C=O) groups is 2. The summed E-state index contributed by atoms with van der Waals surface area (Å²) in [5.74, 6) is -0.942. The van der Waals surface area contributed by atoms with Gasteiger partial charge in [0.15, 0.2) is 0 Å². The smallest absolute Gasteiger partial charge is 0.313 e. The van der Waals surface area contributed by atoms with Crippen LogP contribution in [0.3, 0.4) is 0 Å². The molecule has 1 aliphatic rings. The van der Waals surface area contributed by atoms with E-state index >= 15 is 0 Å². The number of methoxy groups -OCH3 is 1. The maximum Gasteiger partial charge on any atom is 0.313 e. The van der Waals surface area contributed by atoms with E-state index in [1.54, 1.807) is 4.90 Å². The van der Waals surface area contributed by atoms with E-state index in [0.717, 1.165) is 0 Å². The Morgan fingerprint density at radius 3 is 2.65 bits per heavy atom.